The number of ether oxygens (including phenoxy) is 2. The van der Waals surface area contributed by atoms with E-state index in [1.54, 1.807) is 24.3 Å². The molecule has 36 heavy (non-hydrogen) atoms. The van der Waals surface area contributed by atoms with Gasteiger partial charge in [0.15, 0.2) is 5.78 Å². The minimum absolute atomic E-state index is 0.0576. The van der Waals surface area contributed by atoms with Crippen molar-refractivity contribution < 1.29 is 23.9 Å². The van der Waals surface area contributed by atoms with Crippen molar-refractivity contribution in [1.82, 2.24) is 4.98 Å². The van der Waals surface area contributed by atoms with E-state index in [4.69, 9.17) is 9.47 Å². The summed E-state index contributed by atoms with van der Waals surface area (Å²) in [6.45, 7) is 2.42. The summed E-state index contributed by atoms with van der Waals surface area (Å²) >= 11 is 1.47. The highest BCUT2D eigenvalue weighted by molar-refractivity contribution is 7.09. The Kier molecular flexibility index (Phi) is 8.65. The SMILES string of the molecule is COC(=O)c1ccc(OCCc2csc(CC(=O)Cc3ccc(C)cc3C(=O)C3CCCC3)n2)cc1. The van der Waals surface area contributed by atoms with Crippen molar-refractivity contribution in [3.8, 4) is 5.75 Å². The maximum absolute atomic E-state index is 13.1. The van der Waals surface area contributed by atoms with Crippen LogP contribution in [0.4, 0.5) is 0 Å². The van der Waals surface area contributed by atoms with Crippen molar-refractivity contribution in [2.24, 2.45) is 5.92 Å². The van der Waals surface area contributed by atoms with E-state index in [1.165, 1.54) is 18.4 Å². The molecule has 3 aromatic rings. The smallest absolute Gasteiger partial charge is 0.337 e. The van der Waals surface area contributed by atoms with E-state index in [0.29, 0.717) is 29.9 Å². The Bertz CT molecular complexity index is 1220. The lowest BCUT2D eigenvalue weighted by molar-refractivity contribution is -0.117. The number of thiazole rings is 1. The van der Waals surface area contributed by atoms with Crippen LogP contribution in [0.3, 0.4) is 0 Å². The van der Waals surface area contributed by atoms with Gasteiger partial charge in [0.2, 0.25) is 0 Å². The molecule has 0 saturated heterocycles. The molecule has 1 heterocycles. The second kappa shape index (κ2) is 12.1. The van der Waals surface area contributed by atoms with Gasteiger partial charge in [-0.3, -0.25) is 9.59 Å². The molecule has 1 saturated carbocycles. The van der Waals surface area contributed by atoms with Crippen LogP contribution >= 0.6 is 11.3 Å². The van der Waals surface area contributed by atoms with Gasteiger partial charge in [0.05, 0.1) is 31.4 Å². The van der Waals surface area contributed by atoms with Gasteiger partial charge in [-0.25, -0.2) is 9.78 Å². The molecule has 0 N–H and O–H groups in total. The second-order valence-corrected chi connectivity index (χ2v) is 10.2. The summed E-state index contributed by atoms with van der Waals surface area (Å²) in [5.41, 5.74) is 3.93. The number of carbonyl (C=O) groups is 3. The third kappa shape index (κ3) is 6.66. The van der Waals surface area contributed by atoms with Crippen LogP contribution in [-0.2, 0) is 28.8 Å². The molecule has 4 rings (SSSR count). The minimum atomic E-state index is -0.384. The van der Waals surface area contributed by atoms with Gasteiger partial charge < -0.3 is 9.47 Å². The Morgan fingerprint density at radius 1 is 1.03 bits per heavy atom. The van der Waals surface area contributed by atoms with E-state index in [1.807, 2.05) is 30.5 Å². The zero-order valence-corrected chi connectivity index (χ0v) is 21.6. The van der Waals surface area contributed by atoms with E-state index in [2.05, 4.69) is 4.98 Å². The number of nitrogens with zero attached hydrogens (tertiary/aromatic N) is 1. The van der Waals surface area contributed by atoms with Crippen molar-refractivity contribution >= 4 is 28.9 Å². The number of benzene rings is 2. The number of aromatic nitrogens is 1. The van der Waals surface area contributed by atoms with E-state index < -0.39 is 0 Å². The highest BCUT2D eigenvalue weighted by atomic mass is 32.1. The van der Waals surface area contributed by atoms with E-state index in [-0.39, 0.29) is 36.3 Å². The van der Waals surface area contributed by atoms with Gasteiger partial charge in [-0.05, 0) is 55.7 Å². The molecule has 0 bridgehead atoms. The third-order valence-corrected chi connectivity index (χ3v) is 7.39. The Labute approximate surface area is 215 Å². The zero-order chi connectivity index (χ0) is 25.5. The number of Topliss-reactive ketones (excluding diaryl/α,β-unsaturated/α-hetero) is 2. The molecule has 0 aliphatic heterocycles. The fourth-order valence-corrected chi connectivity index (χ4v) is 5.41. The maximum atomic E-state index is 13.1. The summed E-state index contributed by atoms with van der Waals surface area (Å²) in [7, 11) is 1.35. The summed E-state index contributed by atoms with van der Waals surface area (Å²) in [6, 6.07) is 12.6. The van der Waals surface area contributed by atoms with Gasteiger partial charge in [-0.15, -0.1) is 11.3 Å². The van der Waals surface area contributed by atoms with Crippen molar-refractivity contribution in [3.63, 3.8) is 0 Å². The van der Waals surface area contributed by atoms with E-state index in [9.17, 15) is 14.4 Å². The number of methoxy groups -OCH3 is 1. The van der Waals surface area contributed by atoms with Crippen molar-refractivity contribution in [2.45, 2.75) is 51.9 Å². The molecule has 0 spiro atoms. The molecule has 0 radical (unpaired) electrons. The lowest BCUT2D eigenvalue weighted by Gasteiger charge is -2.13. The van der Waals surface area contributed by atoms with Crippen LogP contribution in [0.15, 0.2) is 47.8 Å². The average molecular weight is 506 g/mol. The second-order valence-electron chi connectivity index (χ2n) is 9.25. The summed E-state index contributed by atoms with van der Waals surface area (Å²) in [5.74, 6) is 0.618. The number of hydrogen-bond donors (Lipinski definition) is 0. The van der Waals surface area contributed by atoms with Crippen molar-refractivity contribution in [1.29, 1.82) is 0 Å². The zero-order valence-electron chi connectivity index (χ0n) is 20.7. The van der Waals surface area contributed by atoms with Crippen LogP contribution in [0.25, 0.3) is 0 Å². The Morgan fingerprint density at radius 2 is 1.78 bits per heavy atom. The van der Waals surface area contributed by atoms with Gasteiger partial charge in [0.25, 0.3) is 0 Å². The van der Waals surface area contributed by atoms with Gasteiger partial charge in [0.1, 0.15) is 16.5 Å². The van der Waals surface area contributed by atoms with Crippen LogP contribution in [-0.4, -0.2) is 36.2 Å². The number of esters is 1. The lowest BCUT2D eigenvalue weighted by Crippen LogP contribution is -2.16. The number of rotatable bonds is 11. The summed E-state index contributed by atoms with van der Waals surface area (Å²) in [5, 5.41) is 2.72. The topological polar surface area (TPSA) is 82.6 Å². The quantitative estimate of drug-likeness (QED) is 0.250. The van der Waals surface area contributed by atoms with Crippen LogP contribution in [0.2, 0.25) is 0 Å². The number of aryl methyl sites for hydroxylation is 1. The van der Waals surface area contributed by atoms with Gasteiger partial charge in [-0.2, -0.15) is 0 Å². The molecule has 2 aromatic carbocycles. The van der Waals surface area contributed by atoms with Crippen molar-refractivity contribution in [3.05, 3.63) is 80.8 Å². The highest BCUT2D eigenvalue weighted by Crippen LogP contribution is 2.30. The molecular weight excluding hydrogens is 474 g/mol. The summed E-state index contributed by atoms with van der Waals surface area (Å²) in [6.07, 6.45) is 5.22. The predicted octanol–water partition coefficient (Wildman–Crippen LogP) is 5.59. The maximum Gasteiger partial charge on any atom is 0.337 e. The van der Waals surface area contributed by atoms with Crippen LogP contribution < -0.4 is 4.74 Å². The normalized spacial score (nSPS) is 13.5. The highest BCUT2D eigenvalue weighted by Gasteiger charge is 2.26. The predicted molar refractivity (Wildman–Crippen MR) is 139 cm³/mol. The lowest BCUT2D eigenvalue weighted by atomic mass is 9.90. The fourth-order valence-electron chi connectivity index (χ4n) is 4.55. The Hall–Kier alpha value is -3.32. The van der Waals surface area contributed by atoms with Crippen LogP contribution in [0.5, 0.6) is 5.75 Å². The largest absolute Gasteiger partial charge is 0.493 e. The summed E-state index contributed by atoms with van der Waals surface area (Å²) in [4.78, 5) is 42.0. The monoisotopic (exact) mass is 505 g/mol. The molecule has 7 heteroatoms. The van der Waals surface area contributed by atoms with Gasteiger partial charge in [-0.1, -0.05) is 30.5 Å². The van der Waals surface area contributed by atoms with Gasteiger partial charge in [0, 0.05) is 29.7 Å². The molecule has 6 nitrogen and oxygen atoms in total. The first kappa shape index (κ1) is 25.8. The molecular formula is C29H31NO5S. The molecule has 1 aliphatic carbocycles. The Morgan fingerprint density at radius 3 is 2.50 bits per heavy atom. The van der Waals surface area contributed by atoms with E-state index >= 15 is 0 Å². The standard InChI is InChI=1S/C29H31NO5S/c1-19-7-8-22(26(15-19)28(32)20-5-3-4-6-20)16-24(31)17-27-30-23(18-36-27)13-14-35-25-11-9-21(10-12-25)29(33)34-2/h7-12,15,18,20H,3-6,13-14,16-17H2,1-2H3. The molecule has 0 amide bonds. The first-order chi connectivity index (χ1) is 17.4. The van der Waals surface area contributed by atoms with Crippen molar-refractivity contribution in [2.75, 3.05) is 13.7 Å². The Balaban J connectivity index is 1.29. The average Bonchev–Trinajstić information content (AvgIpc) is 3.57. The minimum Gasteiger partial charge on any atom is -0.493 e. The number of hydrogen-bond acceptors (Lipinski definition) is 7. The molecule has 1 aromatic heterocycles. The van der Waals surface area contributed by atoms with Gasteiger partial charge >= 0.3 is 5.97 Å². The first-order valence-corrected chi connectivity index (χ1v) is 13.2. The summed E-state index contributed by atoms with van der Waals surface area (Å²) < 4.78 is 10.4. The third-order valence-electron chi connectivity index (χ3n) is 6.49. The first-order valence-electron chi connectivity index (χ1n) is 12.3. The van der Waals surface area contributed by atoms with Crippen LogP contribution in [0, 0.1) is 12.8 Å². The number of ketones is 2. The fraction of sp³-hybridized carbons (Fsp3) is 0.379. The van der Waals surface area contributed by atoms with Crippen LogP contribution in [0.1, 0.15) is 68.2 Å². The molecule has 188 valence electrons. The molecule has 0 atom stereocenters. The number of carbonyl (C=O) groups excluding carboxylic acids is 3. The molecule has 1 fully saturated rings. The van der Waals surface area contributed by atoms with E-state index in [0.717, 1.165) is 47.5 Å². The molecule has 0 unspecified atom stereocenters. The molecule has 1 aliphatic rings.